The molecule has 3 rings (SSSR count). The van der Waals surface area contributed by atoms with Gasteiger partial charge in [0.25, 0.3) is 5.56 Å². The maximum Gasteiger partial charge on any atom is 0.492 e. The number of ether oxygens (including phenoxy) is 1. The van der Waals surface area contributed by atoms with E-state index in [1.165, 1.54) is 0 Å². The van der Waals surface area contributed by atoms with Crippen molar-refractivity contribution in [2.45, 2.75) is 24.5 Å². The molecule has 228 valence electrons. The smallest absolute Gasteiger partial charge is 0.387 e. The summed E-state index contributed by atoms with van der Waals surface area (Å²) in [5.41, 5.74) is 4.18. The van der Waals surface area contributed by atoms with Gasteiger partial charge in [0, 0.05) is 0 Å². The average Bonchev–Trinajstić information content (AvgIpc) is 3.23. The second-order valence-electron chi connectivity index (χ2n) is 7.31. The van der Waals surface area contributed by atoms with Crippen LogP contribution in [-0.2, 0) is 49.3 Å². The van der Waals surface area contributed by atoms with Crippen LogP contribution in [0.4, 0.5) is 5.95 Å². The van der Waals surface area contributed by atoms with Crippen molar-refractivity contribution < 1.29 is 88.9 Å². The molecule has 1 aliphatic heterocycles. The van der Waals surface area contributed by atoms with E-state index in [9.17, 15) is 42.7 Å². The zero-order chi connectivity index (χ0) is 30.5. The Morgan fingerprint density at radius 2 is 1.50 bits per heavy atom. The second-order valence-corrected chi connectivity index (χ2v) is 14.9. The summed E-state index contributed by atoms with van der Waals surface area (Å²) in [7, 11) is -30.4. The van der Waals surface area contributed by atoms with Gasteiger partial charge >= 0.3 is 39.1 Å². The third kappa shape index (κ3) is 8.63. The molecule has 0 amide bonds. The minimum absolute atomic E-state index is 0.234. The molecule has 25 nitrogen and oxygen atoms in total. The topological polar surface area (TPSA) is 392 Å². The maximum absolute atomic E-state index is 12.7. The van der Waals surface area contributed by atoms with Crippen molar-refractivity contribution in [3.05, 3.63) is 16.7 Å². The number of hydrogen-bond donors (Lipinski definition) is 10. The molecule has 1 aliphatic rings. The van der Waals surface area contributed by atoms with E-state index in [1.807, 2.05) is 0 Å². The Labute approximate surface area is 218 Å². The quantitative estimate of drug-likeness (QED) is 0.107. The van der Waals surface area contributed by atoms with E-state index >= 15 is 0 Å². The lowest BCUT2D eigenvalue weighted by atomic mass is 10.1. The number of aromatic nitrogens is 4. The number of phosphoric acid groups is 5. The molecule has 1 saturated heterocycles. The number of aromatic amines is 1. The number of nitrogen functional groups attached to an aromatic ring is 1. The zero-order valence-corrected chi connectivity index (χ0v) is 23.2. The van der Waals surface area contributed by atoms with Crippen LogP contribution in [0.2, 0.25) is 0 Å². The number of anilines is 1. The van der Waals surface area contributed by atoms with Gasteiger partial charge in [0.05, 0.1) is 12.9 Å². The number of aliphatic hydroxyl groups excluding tert-OH is 2. The Balaban J connectivity index is 1.81. The van der Waals surface area contributed by atoms with E-state index in [2.05, 4.69) is 36.7 Å². The Hall–Kier alpha value is -1.26. The lowest BCUT2D eigenvalue weighted by molar-refractivity contribution is -0.0502. The van der Waals surface area contributed by atoms with Gasteiger partial charge in [-0.05, 0) is 0 Å². The van der Waals surface area contributed by atoms with Gasteiger partial charge in [-0.2, -0.15) is 22.2 Å². The van der Waals surface area contributed by atoms with E-state index in [4.69, 9.17) is 34.9 Å². The van der Waals surface area contributed by atoms with E-state index in [0.717, 1.165) is 10.9 Å². The van der Waals surface area contributed by atoms with Crippen LogP contribution < -0.4 is 11.3 Å². The number of rotatable bonds is 12. The minimum atomic E-state index is -6.34. The van der Waals surface area contributed by atoms with Crippen molar-refractivity contribution in [2.24, 2.45) is 0 Å². The standard InChI is InChI=1S/C10H18N5O20P5/c11-10-13-7-4(8(18)14-10)12-2-15(7)9-6(17)5(16)3(31-9)1-30-40(29,33-37(22,23)24)35-39(27,28)34-38(25,26)32-36(19,20)21/h2-3,5-6,9,16-17H,1H2,(H,25,26)(H,27,28)(H2,19,20,21)(H2,22,23,24)(H3,11,13,14,18)/t3-,5-,6-,9-,40?/m1/s1. The van der Waals surface area contributed by atoms with Crippen LogP contribution in [0.5, 0.6) is 0 Å². The SMILES string of the molecule is Nc1nc2c(ncn2[C@@H]2O[C@H](COP(=O)(OP(=O)(O)O)OP(=O)(O)OP(=O)(O)OP(=O)(O)O)[C@@H](O)[C@H]2O)c(=O)[nH]1. The molecular formula is C10H18N5O20P5. The number of fused-ring (bicyclic) bond motifs is 1. The summed E-state index contributed by atoms with van der Waals surface area (Å²) in [6.07, 6.45) is -6.32. The lowest BCUT2D eigenvalue weighted by Gasteiger charge is -2.23. The highest BCUT2D eigenvalue weighted by molar-refractivity contribution is 7.71. The van der Waals surface area contributed by atoms with Crippen molar-refractivity contribution in [3.63, 3.8) is 0 Å². The van der Waals surface area contributed by atoms with Crippen LogP contribution in [0.15, 0.2) is 11.1 Å². The third-order valence-corrected chi connectivity index (χ3v) is 11.4. The molecule has 11 N–H and O–H groups in total. The first-order chi connectivity index (χ1) is 18.0. The van der Waals surface area contributed by atoms with Crippen LogP contribution in [0, 0.1) is 0 Å². The minimum Gasteiger partial charge on any atom is -0.387 e. The number of imidazole rings is 1. The predicted octanol–water partition coefficient (Wildman–Crippen LogP) is -2.10. The van der Waals surface area contributed by atoms with Crippen molar-refractivity contribution >= 4 is 56.2 Å². The fourth-order valence-electron chi connectivity index (χ4n) is 3.00. The molecular weight excluding hydrogens is 665 g/mol. The Kier molecular flexibility index (Phi) is 9.51. The summed E-state index contributed by atoms with van der Waals surface area (Å²) in [5, 5.41) is 20.7. The molecule has 40 heavy (non-hydrogen) atoms. The number of nitrogens with two attached hydrogens (primary N) is 1. The summed E-state index contributed by atoms with van der Waals surface area (Å²) < 4.78 is 83.1. The zero-order valence-electron chi connectivity index (χ0n) is 18.7. The predicted molar refractivity (Wildman–Crippen MR) is 120 cm³/mol. The molecule has 2 aromatic rings. The normalized spacial score (nSPS) is 26.8. The van der Waals surface area contributed by atoms with Crippen LogP contribution in [-0.4, -0.2) is 84.0 Å². The highest BCUT2D eigenvalue weighted by atomic mass is 31.3. The van der Waals surface area contributed by atoms with Crippen LogP contribution >= 0.6 is 39.1 Å². The monoisotopic (exact) mass is 683 g/mol. The van der Waals surface area contributed by atoms with Gasteiger partial charge in [-0.1, -0.05) is 0 Å². The van der Waals surface area contributed by atoms with Crippen molar-refractivity contribution in [3.8, 4) is 0 Å². The van der Waals surface area contributed by atoms with Gasteiger partial charge in [0.15, 0.2) is 17.4 Å². The maximum atomic E-state index is 12.7. The first-order valence-electron chi connectivity index (χ1n) is 9.60. The Morgan fingerprint density at radius 3 is 2.08 bits per heavy atom. The molecule has 0 bridgehead atoms. The molecule has 3 unspecified atom stereocenters. The van der Waals surface area contributed by atoms with Gasteiger partial charge in [0.2, 0.25) is 5.95 Å². The fraction of sp³-hybridized carbons (Fsp3) is 0.500. The number of aliphatic hydroxyl groups is 2. The molecule has 0 aromatic carbocycles. The number of nitrogens with one attached hydrogen (secondary N) is 1. The molecule has 0 spiro atoms. The Bertz CT molecular complexity index is 1560. The van der Waals surface area contributed by atoms with E-state index in [0.29, 0.717) is 0 Å². The van der Waals surface area contributed by atoms with Crippen molar-refractivity contribution in [1.82, 2.24) is 19.5 Å². The van der Waals surface area contributed by atoms with Crippen LogP contribution in [0.25, 0.3) is 11.2 Å². The van der Waals surface area contributed by atoms with E-state index in [1.54, 1.807) is 0 Å². The summed E-state index contributed by atoms with van der Waals surface area (Å²) in [6.45, 7) is -1.33. The van der Waals surface area contributed by atoms with Crippen LogP contribution in [0.3, 0.4) is 0 Å². The summed E-state index contributed by atoms with van der Waals surface area (Å²) in [4.78, 5) is 75.4. The van der Waals surface area contributed by atoms with Crippen molar-refractivity contribution in [2.75, 3.05) is 12.3 Å². The molecule has 0 radical (unpaired) electrons. The third-order valence-electron chi connectivity index (χ3n) is 4.28. The molecule has 30 heteroatoms. The molecule has 7 atom stereocenters. The van der Waals surface area contributed by atoms with Gasteiger partial charge in [-0.3, -0.25) is 18.9 Å². The highest BCUT2D eigenvalue weighted by Gasteiger charge is 2.51. The molecule has 3 heterocycles. The van der Waals surface area contributed by atoms with Gasteiger partial charge in [0.1, 0.15) is 18.3 Å². The van der Waals surface area contributed by atoms with E-state index < -0.39 is 75.8 Å². The summed E-state index contributed by atoms with van der Waals surface area (Å²) in [5.74, 6) is -0.367. The number of H-pyrrole nitrogens is 1. The molecule has 0 aliphatic carbocycles. The summed E-state index contributed by atoms with van der Waals surface area (Å²) >= 11 is 0. The van der Waals surface area contributed by atoms with E-state index in [-0.39, 0.29) is 17.1 Å². The van der Waals surface area contributed by atoms with Gasteiger partial charge < -0.3 is 50.0 Å². The Morgan fingerprint density at radius 1 is 0.925 bits per heavy atom. The number of nitrogens with zero attached hydrogens (tertiary/aromatic N) is 3. The average molecular weight is 683 g/mol. The largest absolute Gasteiger partial charge is 0.492 e. The van der Waals surface area contributed by atoms with Crippen molar-refractivity contribution in [1.29, 1.82) is 0 Å². The highest BCUT2D eigenvalue weighted by Crippen LogP contribution is 2.74. The molecule has 2 aromatic heterocycles. The fourth-order valence-corrected chi connectivity index (χ4v) is 9.04. The number of hydrogen-bond acceptors (Lipinski definition) is 17. The second kappa shape index (κ2) is 11.4. The first-order valence-corrected chi connectivity index (χ1v) is 17.1. The first kappa shape index (κ1) is 33.2. The summed E-state index contributed by atoms with van der Waals surface area (Å²) in [6, 6.07) is 0. The molecule has 1 fully saturated rings. The van der Waals surface area contributed by atoms with Gasteiger partial charge in [-0.25, -0.2) is 27.8 Å². The lowest BCUT2D eigenvalue weighted by Crippen LogP contribution is -2.33. The van der Waals surface area contributed by atoms with Gasteiger partial charge in [-0.15, -0.1) is 0 Å². The van der Waals surface area contributed by atoms with Crippen LogP contribution in [0.1, 0.15) is 6.23 Å². The molecule has 0 saturated carbocycles.